The lowest BCUT2D eigenvalue weighted by Crippen LogP contribution is -2.19. The van der Waals surface area contributed by atoms with Gasteiger partial charge in [0.2, 0.25) is 0 Å². The van der Waals surface area contributed by atoms with E-state index in [0.717, 1.165) is 17.1 Å². The lowest BCUT2D eigenvalue weighted by molar-refractivity contribution is 1.13. The maximum atomic E-state index is 5.36. The van der Waals surface area contributed by atoms with E-state index < -0.39 is 0 Å². The monoisotopic (exact) mass is 299 g/mol. The van der Waals surface area contributed by atoms with Crippen LogP contribution in [0.4, 0.5) is 17.1 Å². The van der Waals surface area contributed by atoms with Crippen molar-refractivity contribution < 1.29 is 0 Å². The fourth-order valence-electron chi connectivity index (χ4n) is 2.18. The maximum Gasteiger partial charge on any atom is 0.175 e. The van der Waals surface area contributed by atoms with Gasteiger partial charge < -0.3 is 15.5 Å². The standard InChI is InChI=1S/C17H21N3S/c1-12-9-13(2)11-15(10-12)19-17(21)18-14-5-7-16(8-6-14)20(3)4/h5-11H,1-4H3,(H2,18,19,21). The van der Waals surface area contributed by atoms with Crippen molar-refractivity contribution in [1.82, 2.24) is 0 Å². The second kappa shape index (κ2) is 6.59. The number of nitrogens with one attached hydrogen (secondary N) is 2. The van der Waals surface area contributed by atoms with Crippen LogP contribution in [0.5, 0.6) is 0 Å². The maximum absolute atomic E-state index is 5.36. The van der Waals surface area contributed by atoms with Crippen LogP contribution in [0.15, 0.2) is 42.5 Å². The summed E-state index contributed by atoms with van der Waals surface area (Å²) in [6, 6.07) is 14.5. The average Bonchev–Trinajstić information content (AvgIpc) is 2.37. The molecule has 0 saturated heterocycles. The van der Waals surface area contributed by atoms with Crippen molar-refractivity contribution in [3.63, 3.8) is 0 Å². The largest absolute Gasteiger partial charge is 0.378 e. The third kappa shape index (κ3) is 4.46. The van der Waals surface area contributed by atoms with Gasteiger partial charge in [-0.15, -0.1) is 0 Å². The van der Waals surface area contributed by atoms with Crippen LogP contribution in [-0.2, 0) is 0 Å². The van der Waals surface area contributed by atoms with E-state index in [1.54, 1.807) is 0 Å². The molecule has 0 unspecified atom stereocenters. The first kappa shape index (κ1) is 15.3. The Balaban J connectivity index is 2.01. The van der Waals surface area contributed by atoms with Crippen molar-refractivity contribution >= 4 is 34.4 Å². The minimum absolute atomic E-state index is 0.595. The molecule has 0 atom stereocenters. The molecular weight excluding hydrogens is 278 g/mol. The van der Waals surface area contributed by atoms with Gasteiger partial charge in [0, 0.05) is 31.2 Å². The van der Waals surface area contributed by atoms with Crippen LogP contribution in [-0.4, -0.2) is 19.2 Å². The first-order valence-electron chi connectivity index (χ1n) is 6.88. The van der Waals surface area contributed by atoms with Gasteiger partial charge in [-0.25, -0.2) is 0 Å². The molecule has 0 amide bonds. The van der Waals surface area contributed by atoms with Crippen molar-refractivity contribution in [2.75, 3.05) is 29.6 Å². The Morgan fingerprint density at radius 2 is 1.38 bits per heavy atom. The number of hydrogen-bond donors (Lipinski definition) is 2. The van der Waals surface area contributed by atoms with Crippen molar-refractivity contribution in [3.8, 4) is 0 Å². The van der Waals surface area contributed by atoms with Crippen LogP contribution in [0.25, 0.3) is 0 Å². The Kier molecular flexibility index (Phi) is 4.81. The van der Waals surface area contributed by atoms with Gasteiger partial charge in [-0.3, -0.25) is 0 Å². The van der Waals surface area contributed by atoms with Gasteiger partial charge >= 0.3 is 0 Å². The van der Waals surface area contributed by atoms with Crippen molar-refractivity contribution in [1.29, 1.82) is 0 Å². The molecule has 0 fully saturated rings. The molecule has 2 rings (SSSR count). The van der Waals surface area contributed by atoms with Crippen molar-refractivity contribution in [3.05, 3.63) is 53.6 Å². The summed E-state index contributed by atoms with van der Waals surface area (Å²) in [5.41, 5.74) is 5.58. The third-order valence-electron chi connectivity index (χ3n) is 3.12. The van der Waals surface area contributed by atoms with E-state index in [1.165, 1.54) is 11.1 Å². The molecule has 4 heteroatoms. The van der Waals surface area contributed by atoms with Crippen LogP contribution in [0, 0.1) is 13.8 Å². The van der Waals surface area contributed by atoms with E-state index >= 15 is 0 Å². The Morgan fingerprint density at radius 1 is 0.857 bits per heavy atom. The Hall–Kier alpha value is -2.07. The molecule has 0 aliphatic heterocycles. The van der Waals surface area contributed by atoms with Gasteiger partial charge in [-0.2, -0.15) is 0 Å². The quantitative estimate of drug-likeness (QED) is 0.832. The second-order valence-electron chi connectivity index (χ2n) is 5.40. The first-order valence-corrected chi connectivity index (χ1v) is 7.28. The SMILES string of the molecule is Cc1cc(C)cc(NC(=S)Nc2ccc(N(C)C)cc2)c1. The zero-order valence-corrected chi connectivity index (χ0v) is 13.7. The van der Waals surface area contributed by atoms with Gasteiger partial charge in [0.25, 0.3) is 0 Å². The summed E-state index contributed by atoms with van der Waals surface area (Å²) < 4.78 is 0. The fraction of sp³-hybridized carbons (Fsp3) is 0.235. The van der Waals surface area contributed by atoms with Gasteiger partial charge in [0.05, 0.1) is 0 Å². The van der Waals surface area contributed by atoms with Gasteiger partial charge in [0.1, 0.15) is 0 Å². The number of nitrogens with zero attached hydrogens (tertiary/aromatic N) is 1. The highest BCUT2D eigenvalue weighted by Crippen LogP contribution is 2.17. The second-order valence-corrected chi connectivity index (χ2v) is 5.81. The van der Waals surface area contributed by atoms with E-state index in [-0.39, 0.29) is 0 Å². The molecule has 0 spiro atoms. The van der Waals surface area contributed by atoms with E-state index in [9.17, 15) is 0 Å². The molecule has 21 heavy (non-hydrogen) atoms. The van der Waals surface area contributed by atoms with Gasteiger partial charge in [-0.05, 0) is 73.6 Å². The van der Waals surface area contributed by atoms with E-state index in [0.29, 0.717) is 5.11 Å². The zero-order valence-electron chi connectivity index (χ0n) is 12.9. The Bertz CT molecular complexity index is 613. The highest BCUT2D eigenvalue weighted by Gasteiger charge is 2.01. The summed E-state index contributed by atoms with van der Waals surface area (Å²) in [5, 5.41) is 7.01. The number of rotatable bonds is 3. The molecule has 0 aliphatic rings. The fourth-order valence-corrected chi connectivity index (χ4v) is 2.42. The number of thiocarbonyl (C=S) groups is 1. The lowest BCUT2D eigenvalue weighted by atomic mass is 10.1. The number of benzene rings is 2. The van der Waals surface area contributed by atoms with Crippen molar-refractivity contribution in [2.45, 2.75) is 13.8 Å². The molecule has 0 saturated carbocycles. The minimum Gasteiger partial charge on any atom is -0.378 e. The molecule has 0 aliphatic carbocycles. The lowest BCUT2D eigenvalue weighted by Gasteiger charge is -2.14. The topological polar surface area (TPSA) is 27.3 Å². The summed E-state index contributed by atoms with van der Waals surface area (Å²) in [4.78, 5) is 2.07. The molecule has 0 bridgehead atoms. The molecule has 2 aromatic rings. The summed E-state index contributed by atoms with van der Waals surface area (Å²) in [6.45, 7) is 4.16. The first-order chi connectivity index (χ1) is 9.94. The smallest absolute Gasteiger partial charge is 0.175 e. The summed E-state index contributed by atoms with van der Waals surface area (Å²) in [7, 11) is 4.05. The molecule has 0 heterocycles. The van der Waals surface area contributed by atoms with Crippen LogP contribution < -0.4 is 15.5 Å². The predicted molar refractivity (Wildman–Crippen MR) is 96.5 cm³/mol. The Labute approximate surface area is 132 Å². The van der Waals surface area contributed by atoms with Crippen LogP contribution in [0.2, 0.25) is 0 Å². The van der Waals surface area contributed by atoms with E-state index in [1.807, 2.05) is 26.2 Å². The molecule has 3 nitrogen and oxygen atoms in total. The Morgan fingerprint density at radius 3 is 1.90 bits per heavy atom. The highest BCUT2D eigenvalue weighted by molar-refractivity contribution is 7.80. The summed E-state index contributed by atoms with van der Waals surface area (Å²) in [6.07, 6.45) is 0. The molecule has 110 valence electrons. The molecular formula is C17H21N3S. The van der Waals surface area contributed by atoms with Crippen molar-refractivity contribution in [2.24, 2.45) is 0 Å². The highest BCUT2D eigenvalue weighted by atomic mass is 32.1. The van der Waals surface area contributed by atoms with Gasteiger partial charge in [-0.1, -0.05) is 6.07 Å². The van der Waals surface area contributed by atoms with E-state index in [2.05, 4.69) is 59.7 Å². The normalized spacial score (nSPS) is 10.1. The number of anilines is 3. The summed E-state index contributed by atoms with van der Waals surface area (Å²) >= 11 is 5.36. The summed E-state index contributed by atoms with van der Waals surface area (Å²) in [5.74, 6) is 0. The van der Waals surface area contributed by atoms with Crippen LogP contribution in [0.1, 0.15) is 11.1 Å². The zero-order chi connectivity index (χ0) is 15.4. The van der Waals surface area contributed by atoms with Crippen LogP contribution >= 0.6 is 12.2 Å². The number of aryl methyl sites for hydroxylation is 2. The minimum atomic E-state index is 0.595. The predicted octanol–water partition coefficient (Wildman–Crippen LogP) is 4.18. The van der Waals surface area contributed by atoms with Crippen LogP contribution in [0.3, 0.4) is 0 Å². The molecule has 2 aromatic carbocycles. The third-order valence-corrected chi connectivity index (χ3v) is 3.33. The number of hydrogen-bond acceptors (Lipinski definition) is 2. The molecule has 2 N–H and O–H groups in total. The van der Waals surface area contributed by atoms with Gasteiger partial charge in [0.15, 0.2) is 5.11 Å². The average molecular weight is 299 g/mol. The molecule has 0 aromatic heterocycles. The molecule has 0 radical (unpaired) electrons. The van der Waals surface area contributed by atoms with E-state index in [4.69, 9.17) is 12.2 Å².